The van der Waals surface area contributed by atoms with E-state index in [1.54, 1.807) is 0 Å². The third-order valence-electron chi connectivity index (χ3n) is 2.55. The number of hydrogen-bond donors (Lipinski definition) is 2. The average molecular weight is 202 g/mol. The third kappa shape index (κ3) is 4.20. The van der Waals surface area contributed by atoms with Crippen LogP contribution in [0.1, 0.15) is 46.5 Å². The summed E-state index contributed by atoms with van der Waals surface area (Å²) >= 11 is 0. The molecule has 2 N–H and O–H groups in total. The van der Waals surface area contributed by atoms with Crippen molar-refractivity contribution in [3.63, 3.8) is 0 Å². The zero-order chi connectivity index (χ0) is 11.1. The van der Waals surface area contributed by atoms with Crippen LogP contribution in [0.15, 0.2) is 0 Å². The molecule has 0 saturated heterocycles. The smallest absolute Gasteiger partial charge is 0.166 e. The first-order valence-electron chi connectivity index (χ1n) is 5.44. The SMILES string of the molecule is CCCCC(CC)C(=O)C(O)C(C)O. The van der Waals surface area contributed by atoms with E-state index in [4.69, 9.17) is 5.11 Å². The number of hydrogen-bond acceptors (Lipinski definition) is 3. The highest BCUT2D eigenvalue weighted by atomic mass is 16.3. The molecule has 0 amide bonds. The van der Waals surface area contributed by atoms with E-state index in [-0.39, 0.29) is 11.7 Å². The molecule has 3 atom stereocenters. The Labute approximate surface area is 86.1 Å². The Morgan fingerprint density at radius 1 is 1.29 bits per heavy atom. The quantitative estimate of drug-likeness (QED) is 0.658. The van der Waals surface area contributed by atoms with Crippen LogP contribution in [0.5, 0.6) is 0 Å². The molecule has 3 unspecified atom stereocenters. The number of unbranched alkanes of at least 4 members (excludes halogenated alkanes) is 1. The van der Waals surface area contributed by atoms with Crippen molar-refractivity contribution in [2.24, 2.45) is 5.92 Å². The van der Waals surface area contributed by atoms with Gasteiger partial charge in [-0.3, -0.25) is 4.79 Å². The van der Waals surface area contributed by atoms with Gasteiger partial charge in [0.1, 0.15) is 6.10 Å². The standard InChI is InChI=1S/C11H22O3/c1-4-6-7-9(5-2)11(14)10(13)8(3)12/h8-10,12-13H,4-7H2,1-3H3. The van der Waals surface area contributed by atoms with Crippen LogP contribution in [-0.4, -0.2) is 28.2 Å². The summed E-state index contributed by atoms with van der Waals surface area (Å²) in [5, 5.41) is 18.5. The zero-order valence-corrected chi connectivity index (χ0v) is 9.36. The van der Waals surface area contributed by atoms with E-state index < -0.39 is 12.2 Å². The van der Waals surface area contributed by atoms with Crippen molar-refractivity contribution in [1.82, 2.24) is 0 Å². The van der Waals surface area contributed by atoms with Crippen LogP contribution in [0.25, 0.3) is 0 Å². The first-order chi connectivity index (χ1) is 6.54. The largest absolute Gasteiger partial charge is 0.390 e. The van der Waals surface area contributed by atoms with Gasteiger partial charge in [-0.2, -0.15) is 0 Å². The lowest BCUT2D eigenvalue weighted by molar-refractivity contribution is -0.136. The second kappa shape index (κ2) is 6.96. The highest BCUT2D eigenvalue weighted by Gasteiger charge is 2.26. The molecule has 0 aromatic carbocycles. The van der Waals surface area contributed by atoms with Crippen LogP contribution in [0.4, 0.5) is 0 Å². The molecule has 0 bridgehead atoms. The lowest BCUT2D eigenvalue weighted by atomic mass is 9.90. The maximum Gasteiger partial charge on any atom is 0.166 e. The molecule has 0 aromatic heterocycles. The molecular formula is C11H22O3. The predicted octanol–water partition coefficient (Wildman–Crippen LogP) is 1.51. The molecule has 0 aliphatic carbocycles. The fourth-order valence-corrected chi connectivity index (χ4v) is 1.48. The van der Waals surface area contributed by atoms with E-state index >= 15 is 0 Å². The van der Waals surface area contributed by atoms with Gasteiger partial charge in [0, 0.05) is 5.92 Å². The van der Waals surface area contributed by atoms with E-state index in [1.165, 1.54) is 6.92 Å². The second-order valence-electron chi connectivity index (χ2n) is 3.84. The van der Waals surface area contributed by atoms with Crippen molar-refractivity contribution in [2.75, 3.05) is 0 Å². The number of carbonyl (C=O) groups excluding carboxylic acids is 1. The first-order valence-corrected chi connectivity index (χ1v) is 5.44. The molecule has 0 rings (SSSR count). The minimum absolute atomic E-state index is 0.0976. The highest BCUT2D eigenvalue weighted by Crippen LogP contribution is 2.16. The van der Waals surface area contributed by atoms with Gasteiger partial charge in [-0.05, 0) is 19.8 Å². The lowest BCUT2D eigenvalue weighted by Gasteiger charge is -2.19. The van der Waals surface area contributed by atoms with Crippen molar-refractivity contribution in [2.45, 2.75) is 58.7 Å². The average Bonchev–Trinajstić information content (AvgIpc) is 2.17. The van der Waals surface area contributed by atoms with Gasteiger partial charge in [-0.25, -0.2) is 0 Å². The maximum absolute atomic E-state index is 11.6. The number of rotatable bonds is 7. The summed E-state index contributed by atoms with van der Waals surface area (Å²) in [6.07, 6.45) is 1.43. The normalized spacial score (nSPS) is 17.5. The van der Waals surface area contributed by atoms with Crippen LogP contribution in [0.2, 0.25) is 0 Å². The lowest BCUT2D eigenvalue weighted by Crippen LogP contribution is -2.36. The topological polar surface area (TPSA) is 57.5 Å². The first kappa shape index (κ1) is 13.6. The van der Waals surface area contributed by atoms with Gasteiger partial charge in [-0.1, -0.05) is 26.7 Å². The van der Waals surface area contributed by atoms with Crippen LogP contribution in [0.3, 0.4) is 0 Å². The van der Waals surface area contributed by atoms with E-state index in [0.717, 1.165) is 25.7 Å². The van der Waals surface area contributed by atoms with Gasteiger partial charge in [0.2, 0.25) is 0 Å². The molecule has 3 nitrogen and oxygen atoms in total. The van der Waals surface area contributed by atoms with Crippen molar-refractivity contribution in [3.05, 3.63) is 0 Å². The Balaban J connectivity index is 4.16. The molecule has 14 heavy (non-hydrogen) atoms. The molecule has 0 aliphatic heterocycles. The number of aliphatic hydroxyl groups excluding tert-OH is 2. The monoisotopic (exact) mass is 202 g/mol. The Morgan fingerprint density at radius 3 is 2.21 bits per heavy atom. The molecule has 84 valence electrons. The summed E-state index contributed by atoms with van der Waals surface area (Å²) in [7, 11) is 0. The summed E-state index contributed by atoms with van der Waals surface area (Å²) < 4.78 is 0. The fourth-order valence-electron chi connectivity index (χ4n) is 1.48. The maximum atomic E-state index is 11.6. The molecule has 3 heteroatoms. The van der Waals surface area contributed by atoms with E-state index in [1.807, 2.05) is 6.92 Å². The van der Waals surface area contributed by atoms with Crippen LogP contribution >= 0.6 is 0 Å². The van der Waals surface area contributed by atoms with Crippen LogP contribution in [-0.2, 0) is 4.79 Å². The van der Waals surface area contributed by atoms with Crippen molar-refractivity contribution in [3.8, 4) is 0 Å². The predicted molar refractivity (Wildman–Crippen MR) is 56.0 cm³/mol. The van der Waals surface area contributed by atoms with Gasteiger partial charge >= 0.3 is 0 Å². The fraction of sp³-hybridized carbons (Fsp3) is 0.909. The zero-order valence-electron chi connectivity index (χ0n) is 9.36. The molecule has 0 aromatic rings. The van der Waals surface area contributed by atoms with Crippen LogP contribution < -0.4 is 0 Å². The van der Waals surface area contributed by atoms with Crippen molar-refractivity contribution >= 4 is 5.78 Å². The summed E-state index contributed by atoms with van der Waals surface area (Å²) in [5.74, 6) is -0.310. The number of carbonyl (C=O) groups is 1. The third-order valence-corrected chi connectivity index (χ3v) is 2.55. The van der Waals surface area contributed by atoms with Crippen molar-refractivity contribution in [1.29, 1.82) is 0 Å². The highest BCUT2D eigenvalue weighted by molar-refractivity contribution is 5.85. The van der Waals surface area contributed by atoms with Gasteiger partial charge in [0.25, 0.3) is 0 Å². The van der Waals surface area contributed by atoms with E-state index in [2.05, 4.69) is 6.92 Å². The molecule has 0 spiro atoms. The summed E-state index contributed by atoms with van der Waals surface area (Å²) in [4.78, 5) is 11.6. The number of Topliss-reactive ketones (excluding diaryl/α,β-unsaturated/α-hetero) is 1. The Kier molecular flexibility index (Phi) is 6.75. The second-order valence-corrected chi connectivity index (χ2v) is 3.84. The van der Waals surface area contributed by atoms with Gasteiger partial charge in [0.15, 0.2) is 5.78 Å². The molecule has 0 saturated carbocycles. The van der Waals surface area contributed by atoms with Crippen LogP contribution in [0, 0.1) is 5.92 Å². The van der Waals surface area contributed by atoms with E-state index in [9.17, 15) is 9.90 Å². The Hall–Kier alpha value is -0.410. The number of aliphatic hydroxyl groups is 2. The molecule has 0 heterocycles. The molecule has 0 radical (unpaired) electrons. The molecule has 0 aliphatic rings. The van der Waals surface area contributed by atoms with Crippen molar-refractivity contribution < 1.29 is 15.0 Å². The molecular weight excluding hydrogens is 180 g/mol. The van der Waals surface area contributed by atoms with Gasteiger partial charge in [-0.15, -0.1) is 0 Å². The summed E-state index contributed by atoms with van der Waals surface area (Å²) in [5.41, 5.74) is 0. The van der Waals surface area contributed by atoms with Gasteiger partial charge < -0.3 is 10.2 Å². The molecule has 0 fully saturated rings. The summed E-state index contributed by atoms with van der Waals surface area (Å²) in [6, 6.07) is 0. The summed E-state index contributed by atoms with van der Waals surface area (Å²) in [6.45, 7) is 5.45. The Bertz CT molecular complexity index is 166. The van der Waals surface area contributed by atoms with E-state index in [0.29, 0.717) is 0 Å². The minimum Gasteiger partial charge on any atom is -0.390 e. The van der Waals surface area contributed by atoms with Gasteiger partial charge in [0.05, 0.1) is 6.10 Å². The minimum atomic E-state index is -1.21. The Morgan fingerprint density at radius 2 is 1.86 bits per heavy atom. The number of ketones is 1.